The number of imidazole rings is 1. The summed E-state index contributed by atoms with van der Waals surface area (Å²) in [7, 11) is -16.4. The van der Waals surface area contributed by atoms with E-state index in [1.807, 2.05) is 0 Å². The van der Waals surface area contributed by atoms with Gasteiger partial charge in [0.25, 0.3) is 0 Å². The fourth-order valence-corrected chi connectivity index (χ4v) is 8.71. The summed E-state index contributed by atoms with van der Waals surface area (Å²) >= 11 is 0.893. The van der Waals surface area contributed by atoms with Gasteiger partial charge in [-0.3, -0.25) is 32.5 Å². The predicted octanol–water partition coefficient (Wildman–Crippen LogP) is -0.00710. The van der Waals surface area contributed by atoms with Gasteiger partial charge in [0.1, 0.15) is 42.0 Å². The van der Waals surface area contributed by atoms with Gasteiger partial charge in [-0.2, -0.15) is 4.31 Å². The van der Waals surface area contributed by atoms with Crippen LogP contribution in [0.4, 0.5) is 5.82 Å². The molecule has 1 fully saturated rings. The van der Waals surface area contributed by atoms with Crippen LogP contribution < -0.4 is 16.4 Å². The Hall–Kier alpha value is -3.42. The highest BCUT2D eigenvalue weighted by atomic mass is 32.2. The van der Waals surface area contributed by atoms with Crippen LogP contribution in [0.15, 0.2) is 48.3 Å². The molecule has 322 valence electrons. The van der Waals surface area contributed by atoms with Crippen molar-refractivity contribution in [2.45, 2.75) is 57.3 Å². The molecule has 0 aromatic carbocycles. The Morgan fingerprint density at radius 1 is 1.07 bits per heavy atom. The third kappa shape index (κ3) is 13.3. The number of nitrogen functional groups attached to an aromatic ring is 1. The number of carbonyl (C=O) groups excluding carboxylic acids is 3. The largest absolute Gasteiger partial charge is 0.511 e. The molecular formula is C29H42N7O18P3S. The van der Waals surface area contributed by atoms with E-state index in [0.717, 1.165) is 29.0 Å². The summed E-state index contributed by atoms with van der Waals surface area (Å²) in [5, 5.41) is 35.9. The number of anilines is 1. The number of amides is 2. The van der Waals surface area contributed by atoms with Crippen molar-refractivity contribution in [2.24, 2.45) is 5.41 Å². The van der Waals surface area contributed by atoms with Crippen LogP contribution >= 0.6 is 35.2 Å². The number of phosphoric ester groups is 3. The number of nitrogens with one attached hydrogen (secondary N) is 2. The third-order valence-corrected chi connectivity index (χ3v) is 12.1. The first-order chi connectivity index (χ1) is 27.0. The van der Waals surface area contributed by atoms with Gasteiger partial charge in [-0.15, -0.1) is 0 Å². The predicted molar refractivity (Wildman–Crippen MR) is 200 cm³/mol. The maximum atomic E-state index is 12.7. The lowest BCUT2D eigenvalue weighted by Crippen LogP contribution is -2.46. The van der Waals surface area contributed by atoms with E-state index in [9.17, 15) is 63.0 Å². The first-order valence-electron chi connectivity index (χ1n) is 16.8. The molecule has 4 rings (SSSR count). The molecule has 1 saturated heterocycles. The van der Waals surface area contributed by atoms with Crippen molar-refractivity contribution in [3.63, 3.8) is 0 Å². The maximum absolute atomic E-state index is 12.7. The van der Waals surface area contributed by atoms with Crippen molar-refractivity contribution < 1.29 is 85.6 Å². The Morgan fingerprint density at radius 2 is 1.78 bits per heavy atom. The van der Waals surface area contributed by atoms with E-state index in [-0.39, 0.29) is 65.1 Å². The lowest BCUT2D eigenvalue weighted by atomic mass is 9.87. The second-order valence-corrected chi connectivity index (χ2v) is 18.4. The minimum atomic E-state index is -5.59. The minimum absolute atomic E-state index is 0.0240. The van der Waals surface area contributed by atoms with E-state index in [0.29, 0.717) is 0 Å². The quantitative estimate of drug-likeness (QED) is 0.0617. The number of thioether (sulfide) groups is 1. The molecule has 2 aromatic heterocycles. The first kappa shape index (κ1) is 47.3. The SMILES string of the molecule is CC(C)(COP(=O)(O)OP(=O)(O)OC[C@H]1O[C@@H](n2cnc3c(N)ncnc32)[C@H](O)[C@@H]1OP(=O)(O)O)[C@@H](O)C(=O)NCCC(=O)NCCSC(=O)C1=C(O)CC=CC=C1. The lowest BCUT2D eigenvalue weighted by molar-refractivity contribution is -0.137. The number of aliphatic hydroxyl groups excluding tert-OH is 3. The molecule has 2 aliphatic rings. The Bertz CT molecular complexity index is 2080. The number of aromatic nitrogens is 4. The highest BCUT2D eigenvalue weighted by Gasteiger charge is 2.50. The fraction of sp³-hybridized carbons (Fsp3) is 0.517. The molecule has 29 heteroatoms. The molecule has 0 bridgehead atoms. The van der Waals surface area contributed by atoms with Crippen LogP contribution in [0.2, 0.25) is 0 Å². The summed E-state index contributed by atoms with van der Waals surface area (Å²) in [4.78, 5) is 88.1. The second-order valence-electron chi connectivity index (χ2n) is 13.1. The van der Waals surface area contributed by atoms with Gasteiger partial charge in [0.05, 0.1) is 25.1 Å². The molecule has 1 aliphatic heterocycles. The summed E-state index contributed by atoms with van der Waals surface area (Å²) in [6, 6.07) is 0. The Balaban J connectivity index is 1.22. The summed E-state index contributed by atoms with van der Waals surface area (Å²) < 4.78 is 62.1. The minimum Gasteiger partial charge on any atom is -0.511 e. The van der Waals surface area contributed by atoms with E-state index >= 15 is 0 Å². The number of fused-ring (bicyclic) bond motifs is 1. The number of hydrogen-bond acceptors (Lipinski definition) is 19. The van der Waals surface area contributed by atoms with Gasteiger partial charge < -0.3 is 56.0 Å². The van der Waals surface area contributed by atoms with Gasteiger partial charge in [0.2, 0.25) is 16.9 Å². The number of hydrogen-bond donors (Lipinski definition) is 10. The summed E-state index contributed by atoms with van der Waals surface area (Å²) in [5.74, 6) is -1.41. The third-order valence-electron chi connectivity index (χ3n) is 8.09. The van der Waals surface area contributed by atoms with Crippen molar-refractivity contribution in [1.29, 1.82) is 0 Å². The van der Waals surface area contributed by atoms with Crippen LogP contribution in [-0.2, 0) is 50.7 Å². The zero-order chi connectivity index (χ0) is 43.1. The van der Waals surface area contributed by atoms with Gasteiger partial charge in [0, 0.05) is 37.1 Å². The molecule has 3 heterocycles. The van der Waals surface area contributed by atoms with Crippen LogP contribution in [0, 0.1) is 5.41 Å². The molecule has 2 aromatic rings. The van der Waals surface area contributed by atoms with Gasteiger partial charge >= 0.3 is 23.5 Å². The molecule has 58 heavy (non-hydrogen) atoms. The topological polar surface area (TPSA) is 384 Å². The Morgan fingerprint density at radius 3 is 2.48 bits per heavy atom. The molecule has 2 amide bonds. The molecule has 1 aliphatic carbocycles. The van der Waals surface area contributed by atoms with Gasteiger partial charge in [-0.05, 0) is 6.08 Å². The number of ether oxygens (including phenoxy) is 1. The summed E-state index contributed by atoms with van der Waals surface area (Å²) in [6.07, 6.45) is -0.323. The van der Waals surface area contributed by atoms with Crippen LogP contribution in [-0.4, -0.2) is 128 Å². The molecular weight excluding hydrogens is 859 g/mol. The number of nitrogens with zero attached hydrogens (tertiary/aromatic N) is 4. The monoisotopic (exact) mass is 901 g/mol. The zero-order valence-corrected chi connectivity index (χ0v) is 34.0. The number of allylic oxidation sites excluding steroid dienone is 4. The van der Waals surface area contributed by atoms with E-state index in [1.54, 1.807) is 18.2 Å². The van der Waals surface area contributed by atoms with E-state index in [1.165, 1.54) is 19.9 Å². The number of phosphoric acid groups is 3. The van der Waals surface area contributed by atoms with E-state index < -0.39 is 84.6 Å². The number of aliphatic hydroxyl groups is 3. The molecule has 7 atom stereocenters. The van der Waals surface area contributed by atoms with Crippen LogP contribution in [0.5, 0.6) is 0 Å². The molecule has 0 radical (unpaired) electrons. The highest BCUT2D eigenvalue weighted by Crippen LogP contribution is 2.61. The number of nitrogens with two attached hydrogens (primary N) is 1. The highest BCUT2D eigenvalue weighted by molar-refractivity contribution is 8.14. The van der Waals surface area contributed by atoms with Gasteiger partial charge in [-0.25, -0.2) is 28.6 Å². The average Bonchev–Trinajstić information content (AvgIpc) is 3.60. The van der Waals surface area contributed by atoms with Crippen molar-refractivity contribution in [3.05, 3.63) is 48.3 Å². The summed E-state index contributed by atoms with van der Waals surface area (Å²) in [5.41, 5.74) is 4.38. The van der Waals surface area contributed by atoms with Crippen molar-refractivity contribution >= 4 is 69.1 Å². The van der Waals surface area contributed by atoms with E-state index in [2.05, 4.69) is 34.4 Å². The van der Waals surface area contributed by atoms with Crippen LogP contribution in [0.3, 0.4) is 0 Å². The van der Waals surface area contributed by atoms with Crippen molar-refractivity contribution in [2.75, 3.05) is 37.8 Å². The van der Waals surface area contributed by atoms with Gasteiger partial charge in [0.15, 0.2) is 17.7 Å². The smallest absolute Gasteiger partial charge is 0.481 e. The molecule has 11 N–H and O–H groups in total. The first-order valence-corrected chi connectivity index (χ1v) is 22.3. The van der Waals surface area contributed by atoms with Gasteiger partial charge in [-0.1, -0.05) is 43.8 Å². The Labute approximate surface area is 333 Å². The Kier molecular flexibility index (Phi) is 16.1. The van der Waals surface area contributed by atoms with E-state index in [4.69, 9.17) is 19.5 Å². The maximum Gasteiger partial charge on any atom is 0.481 e. The molecule has 0 spiro atoms. The van der Waals surface area contributed by atoms with Crippen molar-refractivity contribution in [1.82, 2.24) is 30.2 Å². The second kappa shape index (κ2) is 19.8. The number of carbonyl (C=O) groups is 3. The summed E-state index contributed by atoms with van der Waals surface area (Å²) in [6.45, 7) is 0.286. The normalized spacial score (nSPS) is 22.6. The molecule has 0 saturated carbocycles. The zero-order valence-electron chi connectivity index (χ0n) is 30.5. The van der Waals surface area contributed by atoms with Crippen LogP contribution in [0.25, 0.3) is 11.2 Å². The standard InChI is InChI=1S/C29H42N7O18P3S/c1-29(2,23(40)26(41)32-9-8-19(38)31-10-11-58-28(42)16-6-4-3-5-7-17(16)37)13-51-57(48,49)54-56(46,47)50-12-18-22(53-55(43,44)45)21(39)27(52-18)36-15-35-20-24(30)33-14-34-25(20)36/h3-6,14-15,18,21-23,27,37,39-40H,7-13H2,1-2H3,(H,31,38)(H,32,41)(H,46,47)(H,48,49)(H2,30,33,34)(H2,43,44,45)/t18-,21-,22-,23+,27-/m1/s1. The van der Waals surface area contributed by atoms with Crippen LogP contribution in [0.1, 0.15) is 32.9 Å². The molecule has 25 nitrogen and oxygen atoms in total. The lowest BCUT2D eigenvalue weighted by Gasteiger charge is -2.30. The molecule has 2 unspecified atom stereocenters. The number of rotatable bonds is 20. The fourth-order valence-electron chi connectivity index (χ4n) is 5.15. The average molecular weight is 902 g/mol. The van der Waals surface area contributed by atoms with Crippen molar-refractivity contribution in [3.8, 4) is 0 Å².